The summed E-state index contributed by atoms with van der Waals surface area (Å²) in [6, 6.07) is 7.70. The van der Waals surface area contributed by atoms with Crippen LogP contribution in [0.3, 0.4) is 0 Å². The second-order valence-corrected chi connectivity index (χ2v) is 7.61. The van der Waals surface area contributed by atoms with Crippen LogP contribution >= 0.6 is 0 Å². The highest BCUT2D eigenvalue weighted by molar-refractivity contribution is 5.93. The number of hydrogen-bond acceptors (Lipinski definition) is 5. The van der Waals surface area contributed by atoms with Crippen molar-refractivity contribution in [2.24, 2.45) is 5.92 Å². The SMILES string of the molecule is Cc1ccoc1C(=O)N1CC2(C[C@H](COCc3ccccn3)CN2C)C1. The molecule has 1 atom stereocenters. The van der Waals surface area contributed by atoms with Gasteiger partial charge in [-0.1, -0.05) is 6.07 Å². The fourth-order valence-corrected chi connectivity index (χ4v) is 4.18. The maximum Gasteiger partial charge on any atom is 0.289 e. The van der Waals surface area contributed by atoms with Gasteiger partial charge >= 0.3 is 0 Å². The van der Waals surface area contributed by atoms with E-state index in [-0.39, 0.29) is 11.4 Å². The van der Waals surface area contributed by atoms with Gasteiger partial charge in [-0.2, -0.15) is 0 Å². The minimum atomic E-state index is 0.00127. The molecule has 1 amide bonds. The first-order valence-electron chi connectivity index (χ1n) is 9.10. The van der Waals surface area contributed by atoms with Gasteiger partial charge in [0.2, 0.25) is 0 Å². The Bertz CT molecular complexity index is 768. The molecule has 6 nitrogen and oxygen atoms in total. The number of carbonyl (C=O) groups is 1. The monoisotopic (exact) mass is 355 g/mol. The largest absolute Gasteiger partial charge is 0.459 e. The van der Waals surface area contributed by atoms with E-state index in [0.717, 1.165) is 43.9 Å². The van der Waals surface area contributed by atoms with Gasteiger partial charge in [-0.05, 0) is 44.5 Å². The van der Waals surface area contributed by atoms with Crippen LogP contribution in [0.15, 0.2) is 41.1 Å². The van der Waals surface area contributed by atoms with Crippen molar-refractivity contribution in [1.29, 1.82) is 0 Å². The number of furan rings is 1. The molecule has 4 rings (SSSR count). The smallest absolute Gasteiger partial charge is 0.289 e. The van der Waals surface area contributed by atoms with E-state index in [1.54, 1.807) is 12.5 Å². The summed E-state index contributed by atoms with van der Waals surface area (Å²) in [6.45, 7) is 5.72. The van der Waals surface area contributed by atoms with Crippen molar-refractivity contribution in [1.82, 2.24) is 14.8 Å². The first kappa shape index (κ1) is 17.2. The molecule has 6 heteroatoms. The number of ether oxygens (including phenoxy) is 1. The van der Waals surface area contributed by atoms with Crippen LogP contribution in [0.25, 0.3) is 0 Å². The highest BCUT2D eigenvalue weighted by atomic mass is 16.5. The number of aromatic nitrogens is 1. The van der Waals surface area contributed by atoms with Gasteiger partial charge in [-0.15, -0.1) is 0 Å². The summed E-state index contributed by atoms with van der Waals surface area (Å²) in [4.78, 5) is 21.1. The van der Waals surface area contributed by atoms with Gasteiger partial charge in [-0.25, -0.2) is 0 Å². The first-order chi connectivity index (χ1) is 12.6. The van der Waals surface area contributed by atoms with Crippen LogP contribution in [0.4, 0.5) is 0 Å². The topological polar surface area (TPSA) is 58.8 Å². The van der Waals surface area contributed by atoms with Crippen molar-refractivity contribution >= 4 is 5.91 Å². The number of pyridine rings is 1. The summed E-state index contributed by atoms with van der Waals surface area (Å²) in [5.74, 6) is 0.962. The average Bonchev–Trinajstić information content (AvgIpc) is 3.17. The number of likely N-dealkylation sites (tertiary alicyclic amines) is 2. The Labute approximate surface area is 153 Å². The Balaban J connectivity index is 1.28. The van der Waals surface area contributed by atoms with Gasteiger partial charge in [-0.3, -0.25) is 14.7 Å². The van der Waals surface area contributed by atoms with Crippen molar-refractivity contribution in [3.8, 4) is 0 Å². The van der Waals surface area contributed by atoms with Gasteiger partial charge in [0.1, 0.15) is 0 Å². The van der Waals surface area contributed by atoms with E-state index >= 15 is 0 Å². The summed E-state index contributed by atoms with van der Waals surface area (Å²) in [5.41, 5.74) is 1.95. The highest BCUT2D eigenvalue weighted by Gasteiger charge is 2.53. The molecule has 0 bridgehead atoms. The summed E-state index contributed by atoms with van der Waals surface area (Å²) in [5, 5.41) is 0. The molecule has 2 fully saturated rings. The minimum absolute atomic E-state index is 0.00127. The lowest BCUT2D eigenvalue weighted by molar-refractivity contribution is -0.00992. The van der Waals surface area contributed by atoms with Crippen LogP contribution in [0, 0.1) is 12.8 Å². The third-order valence-electron chi connectivity index (χ3n) is 5.65. The number of likely N-dealkylation sites (N-methyl/N-ethyl adjacent to an activating group) is 1. The standard InChI is InChI=1S/C20H25N3O3/c1-15-6-8-26-18(15)19(24)23-13-20(14-23)9-16(10-22(20)2)11-25-12-17-5-3-4-7-21-17/h3-8,16H,9-14H2,1-2H3/t16-/m0/s1. The van der Waals surface area contributed by atoms with Crippen LogP contribution in [0.2, 0.25) is 0 Å². The molecular formula is C20H25N3O3. The van der Waals surface area contributed by atoms with Gasteiger partial charge in [0.05, 0.1) is 30.7 Å². The molecule has 2 aromatic rings. The Hall–Kier alpha value is -2.18. The molecule has 0 aliphatic carbocycles. The van der Waals surface area contributed by atoms with E-state index in [1.807, 2.05) is 36.1 Å². The maximum atomic E-state index is 12.5. The quantitative estimate of drug-likeness (QED) is 0.824. The number of amides is 1. The summed E-state index contributed by atoms with van der Waals surface area (Å²) < 4.78 is 11.2. The molecule has 2 saturated heterocycles. The zero-order chi connectivity index (χ0) is 18.1. The molecule has 2 aliphatic rings. The van der Waals surface area contributed by atoms with Gasteiger partial charge in [0.25, 0.3) is 5.91 Å². The fourth-order valence-electron chi connectivity index (χ4n) is 4.18. The zero-order valence-electron chi connectivity index (χ0n) is 15.4. The van der Waals surface area contributed by atoms with E-state index in [9.17, 15) is 4.79 Å². The second kappa shape index (κ2) is 6.85. The van der Waals surface area contributed by atoms with Crippen LogP contribution in [-0.2, 0) is 11.3 Å². The first-order valence-corrected chi connectivity index (χ1v) is 9.10. The molecule has 2 aliphatic heterocycles. The Morgan fingerprint density at radius 2 is 2.23 bits per heavy atom. The lowest BCUT2D eigenvalue weighted by atomic mass is 9.84. The van der Waals surface area contributed by atoms with Crippen LogP contribution < -0.4 is 0 Å². The molecular weight excluding hydrogens is 330 g/mol. The molecule has 4 heterocycles. The number of hydrogen-bond donors (Lipinski definition) is 0. The van der Waals surface area contributed by atoms with Gasteiger partial charge in [0.15, 0.2) is 5.76 Å². The van der Waals surface area contributed by atoms with E-state index < -0.39 is 0 Å². The Morgan fingerprint density at radius 3 is 2.92 bits per heavy atom. The van der Waals surface area contributed by atoms with Crippen LogP contribution in [0.5, 0.6) is 0 Å². The van der Waals surface area contributed by atoms with Crippen molar-refractivity contribution in [2.75, 3.05) is 33.3 Å². The average molecular weight is 355 g/mol. The van der Waals surface area contributed by atoms with Crippen LogP contribution in [0.1, 0.15) is 28.2 Å². The molecule has 138 valence electrons. The third-order valence-corrected chi connectivity index (χ3v) is 5.65. The Kier molecular flexibility index (Phi) is 4.54. The summed E-state index contributed by atoms with van der Waals surface area (Å²) in [6.07, 6.45) is 4.43. The maximum absolute atomic E-state index is 12.5. The molecule has 0 radical (unpaired) electrons. The van der Waals surface area contributed by atoms with Gasteiger partial charge < -0.3 is 14.1 Å². The number of aryl methyl sites for hydroxylation is 1. The molecule has 0 N–H and O–H groups in total. The molecule has 26 heavy (non-hydrogen) atoms. The highest BCUT2D eigenvalue weighted by Crippen LogP contribution is 2.40. The number of carbonyl (C=O) groups excluding carboxylic acids is 1. The van der Waals surface area contributed by atoms with Gasteiger partial charge in [0, 0.05) is 31.4 Å². The number of rotatable bonds is 5. The summed E-state index contributed by atoms with van der Waals surface area (Å²) in [7, 11) is 2.15. The normalized spacial score (nSPS) is 21.9. The van der Waals surface area contributed by atoms with E-state index in [4.69, 9.17) is 9.15 Å². The fraction of sp³-hybridized carbons (Fsp3) is 0.500. The molecule has 0 unspecified atom stereocenters. The molecule has 2 aromatic heterocycles. The summed E-state index contributed by atoms with van der Waals surface area (Å²) >= 11 is 0. The minimum Gasteiger partial charge on any atom is -0.459 e. The lowest BCUT2D eigenvalue weighted by Gasteiger charge is -2.51. The second-order valence-electron chi connectivity index (χ2n) is 7.61. The number of nitrogens with zero attached hydrogens (tertiary/aromatic N) is 3. The zero-order valence-corrected chi connectivity index (χ0v) is 15.4. The van der Waals surface area contributed by atoms with E-state index in [2.05, 4.69) is 16.9 Å². The molecule has 0 saturated carbocycles. The predicted molar refractivity (Wildman–Crippen MR) is 96.7 cm³/mol. The van der Waals surface area contributed by atoms with Crippen molar-refractivity contribution in [3.63, 3.8) is 0 Å². The predicted octanol–water partition coefficient (Wildman–Crippen LogP) is 2.35. The molecule has 1 spiro atoms. The van der Waals surface area contributed by atoms with E-state index in [0.29, 0.717) is 18.3 Å². The van der Waals surface area contributed by atoms with Crippen LogP contribution in [-0.4, -0.2) is 59.5 Å². The van der Waals surface area contributed by atoms with Crippen molar-refractivity contribution in [2.45, 2.75) is 25.5 Å². The van der Waals surface area contributed by atoms with Crippen molar-refractivity contribution in [3.05, 3.63) is 53.7 Å². The molecule has 0 aromatic carbocycles. The third kappa shape index (κ3) is 3.15. The lowest BCUT2D eigenvalue weighted by Crippen LogP contribution is -2.68. The van der Waals surface area contributed by atoms with Crippen molar-refractivity contribution < 1.29 is 13.9 Å². The van der Waals surface area contributed by atoms with E-state index in [1.165, 1.54) is 0 Å². The Morgan fingerprint density at radius 1 is 1.38 bits per heavy atom.